The number of rotatable bonds is 3. The van der Waals surface area contributed by atoms with E-state index in [1.54, 1.807) is 41.1 Å². The molecule has 1 aliphatic rings. The molecule has 27 heavy (non-hydrogen) atoms. The molecule has 1 aliphatic heterocycles. The van der Waals surface area contributed by atoms with Gasteiger partial charge < -0.3 is 5.32 Å². The van der Waals surface area contributed by atoms with Crippen molar-refractivity contribution in [2.24, 2.45) is 0 Å². The van der Waals surface area contributed by atoms with Gasteiger partial charge in [-0.3, -0.25) is 4.79 Å². The molecule has 6 nitrogen and oxygen atoms in total. The molecule has 2 heterocycles. The molecule has 0 atom stereocenters. The number of benzene rings is 2. The third-order valence-corrected chi connectivity index (χ3v) is 6.84. The van der Waals surface area contributed by atoms with E-state index >= 15 is 0 Å². The lowest BCUT2D eigenvalue weighted by Crippen LogP contribution is -2.17. The Morgan fingerprint density at radius 3 is 2.52 bits per heavy atom. The number of hydrogen-bond acceptors (Lipinski definition) is 4. The quantitative estimate of drug-likeness (QED) is 0.540. The van der Waals surface area contributed by atoms with Crippen molar-refractivity contribution in [3.63, 3.8) is 0 Å². The molecule has 1 amide bonds. The maximum Gasteiger partial charge on any atom is 0.257 e. The van der Waals surface area contributed by atoms with Gasteiger partial charge in [0.15, 0.2) is 9.84 Å². The fraction of sp³-hybridized carbons (Fsp3) is 0.111. The summed E-state index contributed by atoms with van der Waals surface area (Å²) in [6.45, 7) is 0. The number of sulfone groups is 1. The number of carbonyl (C=O) groups is 1. The Morgan fingerprint density at radius 1 is 1.11 bits per heavy atom. The molecule has 1 N–H and O–H groups in total. The van der Waals surface area contributed by atoms with Crippen LogP contribution in [0.25, 0.3) is 5.69 Å². The highest BCUT2D eigenvalue weighted by atomic mass is 127. The normalized spacial score (nSPS) is 14.7. The topological polar surface area (TPSA) is 81.1 Å². The predicted octanol–water partition coefficient (Wildman–Crippen LogP) is 3.81. The molecular weight excluding hydrogens is 501 g/mol. The molecule has 0 saturated heterocycles. The smallest absolute Gasteiger partial charge is 0.257 e. The highest BCUT2D eigenvalue weighted by Crippen LogP contribution is 2.33. The standard InChI is InChI=1S/C18H13ClIN3O3S/c19-11-5-7-12(8-6-11)23-17(14-9-27(25,26)10-16(14)22-23)21-18(24)13-3-1-2-4-15(13)20/h1-8H,9-10H2,(H,21,24). The Labute approximate surface area is 174 Å². The molecule has 138 valence electrons. The molecule has 0 spiro atoms. The van der Waals surface area contributed by atoms with Crippen LogP contribution in [0.2, 0.25) is 5.02 Å². The molecule has 4 rings (SSSR count). The highest BCUT2D eigenvalue weighted by Gasteiger charge is 2.33. The third kappa shape index (κ3) is 3.61. The molecule has 3 aromatic rings. The monoisotopic (exact) mass is 513 g/mol. The lowest BCUT2D eigenvalue weighted by molar-refractivity contribution is 0.102. The first kappa shape index (κ1) is 18.5. The minimum atomic E-state index is -3.25. The van der Waals surface area contributed by atoms with Crippen LogP contribution < -0.4 is 5.32 Å². The Balaban J connectivity index is 1.80. The molecule has 2 aromatic carbocycles. The summed E-state index contributed by atoms with van der Waals surface area (Å²) >= 11 is 8.04. The third-order valence-electron chi connectivity index (χ3n) is 4.21. The van der Waals surface area contributed by atoms with Crippen molar-refractivity contribution in [3.8, 4) is 5.69 Å². The zero-order valence-electron chi connectivity index (χ0n) is 13.8. The molecule has 1 aromatic heterocycles. The van der Waals surface area contributed by atoms with E-state index in [0.29, 0.717) is 33.3 Å². The SMILES string of the molecule is O=C(Nc1c2c(nn1-c1ccc(Cl)cc1)CS(=O)(=O)C2)c1ccccc1I. The van der Waals surface area contributed by atoms with Gasteiger partial charge in [-0.1, -0.05) is 23.7 Å². The van der Waals surface area contributed by atoms with Crippen LogP contribution in [0.1, 0.15) is 21.6 Å². The second kappa shape index (κ2) is 6.92. The minimum Gasteiger partial charge on any atom is -0.306 e. The van der Waals surface area contributed by atoms with Gasteiger partial charge >= 0.3 is 0 Å². The number of nitrogens with one attached hydrogen (secondary N) is 1. The van der Waals surface area contributed by atoms with E-state index in [2.05, 4.69) is 33.0 Å². The number of halogens is 2. The van der Waals surface area contributed by atoms with Gasteiger partial charge in [-0.05, 0) is 59.0 Å². The van der Waals surface area contributed by atoms with E-state index in [1.165, 1.54) is 0 Å². The molecule has 0 saturated carbocycles. The van der Waals surface area contributed by atoms with E-state index in [4.69, 9.17) is 11.6 Å². The van der Waals surface area contributed by atoms with Gasteiger partial charge in [0.1, 0.15) is 5.82 Å². The van der Waals surface area contributed by atoms with Crippen LogP contribution in [0, 0.1) is 3.57 Å². The fourth-order valence-electron chi connectivity index (χ4n) is 2.96. The average Bonchev–Trinajstić information content (AvgIpc) is 3.09. The first-order valence-corrected chi connectivity index (χ1v) is 11.2. The van der Waals surface area contributed by atoms with Gasteiger partial charge in [0, 0.05) is 14.2 Å². The molecule has 0 bridgehead atoms. The Kier molecular flexibility index (Phi) is 4.73. The summed E-state index contributed by atoms with van der Waals surface area (Å²) in [6, 6.07) is 14.1. The van der Waals surface area contributed by atoms with Crippen LogP contribution in [0.15, 0.2) is 48.5 Å². The van der Waals surface area contributed by atoms with Crippen LogP contribution >= 0.6 is 34.2 Å². The lowest BCUT2D eigenvalue weighted by atomic mass is 10.2. The van der Waals surface area contributed by atoms with E-state index in [9.17, 15) is 13.2 Å². The average molecular weight is 514 g/mol. The van der Waals surface area contributed by atoms with Crippen LogP contribution in [-0.4, -0.2) is 24.1 Å². The molecule has 0 unspecified atom stereocenters. The summed E-state index contributed by atoms with van der Waals surface area (Å²) in [4.78, 5) is 12.8. The summed E-state index contributed by atoms with van der Waals surface area (Å²) in [7, 11) is -3.25. The maximum atomic E-state index is 12.8. The van der Waals surface area contributed by atoms with Crippen LogP contribution in [0.4, 0.5) is 5.82 Å². The first-order chi connectivity index (χ1) is 12.8. The van der Waals surface area contributed by atoms with Crippen molar-refractivity contribution in [2.45, 2.75) is 11.5 Å². The highest BCUT2D eigenvalue weighted by molar-refractivity contribution is 14.1. The van der Waals surface area contributed by atoms with Crippen LogP contribution in [-0.2, 0) is 21.3 Å². The Morgan fingerprint density at radius 2 is 1.81 bits per heavy atom. The van der Waals surface area contributed by atoms with Crippen LogP contribution in [0.3, 0.4) is 0 Å². The number of fused-ring (bicyclic) bond motifs is 1. The van der Waals surface area contributed by atoms with E-state index in [-0.39, 0.29) is 17.4 Å². The first-order valence-electron chi connectivity index (χ1n) is 7.97. The molecule has 0 fully saturated rings. The second-order valence-corrected chi connectivity index (χ2v) is 9.79. The lowest BCUT2D eigenvalue weighted by Gasteiger charge is -2.12. The summed E-state index contributed by atoms with van der Waals surface area (Å²) in [5, 5.41) is 7.87. The summed E-state index contributed by atoms with van der Waals surface area (Å²) < 4.78 is 26.4. The number of hydrogen-bond donors (Lipinski definition) is 1. The van der Waals surface area contributed by atoms with E-state index in [0.717, 1.165) is 3.57 Å². The number of nitrogens with zero attached hydrogens (tertiary/aromatic N) is 2. The number of amides is 1. The van der Waals surface area contributed by atoms with Gasteiger partial charge in [-0.15, -0.1) is 0 Å². The number of aromatic nitrogens is 2. The van der Waals surface area contributed by atoms with Gasteiger partial charge in [0.2, 0.25) is 0 Å². The van der Waals surface area contributed by atoms with Crippen molar-refractivity contribution in [3.05, 3.63) is 73.9 Å². The van der Waals surface area contributed by atoms with Gasteiger partial charge in [0.25, 0.3) is 5.91 Å². The zero-order valence-corrected chi connectivity index (χ0v) is 17.5. The summed E-state index contributed by atoms with van der Waals surface area (Å²) in [6.07, 6.45) is 0. The van der Waals surface area contributed by atoms with Gasteiger partial charge in [0.05, 0.1) is 28.5 Å². The zero-order chi connectivity index (χ0) is 19.2. The molecule has 9 heteroatoms. The molecule has 0 aliphatic carbocycles. The largest absolute Gasteiger partial charge is 0.306 e. The summed E-state index contributed by atoms with van der Waals surface area (Å²) in [5.41, 5.74) is 2.19. The van der Waals surface area contributed by atoms with Crippen molar-refractivity contribution in [2.75, 3.05) is 5.32 Å². The Hall–Kier alpha value is -1.91. The predicted molar refractivity (Wildman–Crippen MR) is 112 cm³/mol. The molecular formula is C18H13ClIN3O3S. The van der Waals surface area contributed by atoms with Crippen molar-refractivity contribution in [1.29, 1.82) is 0 Å². The minimum absolute atomic E-state index is 0.130. The van der Waals surface area contributed by atoms with E-state index < -0.39 is 9.84 Å². The maximum absolute atomic E-state index is 12.8. The van der Waals surface area contributed by atoms with Crippen LogP contribution in [0.5, 0.6) is 0 Å². The summed E-state index contributed by atoms with van der Waals surface area (Å²) in [5.74, 6) is -0.216. The van der Waals surface area contributed by atoms with Gasteiger partial charge in [-0.25, -0.2) is 13.1 Å². The fourth-order valence-corrected chi connectivity index (χ4v) is 5.21. The second-order valence-electron chi connectivity index (χ2n) is 6.13. The molecule has 0 radical (unpaired) electrons. The Bertz CT molecular complexity index is 1160. The van der Waals surface area contributed by atoms with Gasteiger partial charge in [-0.2, -0.15) is 5.10 Å². The number of carbonyl (C=O) groups excluding carboxylic acids is 1. The van der Waals surface area contributed by atoms with Crippen molar-refractivity contribution < 1.29 is 13.2 Å². The number of anilines is 1. The van der Waals surface area contributed by atoms with Crippen molar-refractivity contribution >= 4 is 55.8 Å². The van der Waals surface area contributed by atoms with Crippen molar-refractivity contribution in [1.82, 2.24) is 9.78 Å². The van der Waals surface area contributed by atoms with E-state index in [1.807, 2.05) is 12.1 Å².